The van der Waals surface area contributed by atoms with Crippen molar-refractivity contribution >= 4 is 31.6 Å². The lowest BCUT2D eigenvalue weighted by molar-refractivity contribution is -0.385. The first kappa shape index (κ1) is 16.3. The van der Waals surface area contributed by atoms with E-state index in [4.69, 9.17) is 0 Å². The van der Waals surface area contributed by atoms with Crippen LogP contribution in [-0.2, 0) is 10.0 Å². The highest BCUT2D eigenvalue weighted by atomic mass is 79.9. The molecule has 21 heavy (non-hydrogen) atoms. The molecular weight excluding hydrogens is 362 g/mol. The number of nitro benzene ring substituents is 1. The zero-order valence-electron chi connectivity index (χ0n) is 11.4. The lowest BCUT2D eigenvalue weighted by Gasteiger charge is -2.29. The summed E-state index contributed by atoms with van der Waals surface area (Å²) in [5, 5.41) is 13.9. The van der Waals surface area contributed by atoms with E-state index in [1.807, 2.05) is 6.92 Å². The summed E-state index contributed by atoms with van der Waals surface area (Å²) in [4.78, 5) is 10.2. The van der Waals surface area contributed by atoms with Crippen molar-refractivity contribution in [2.24, 2.45) is 5.92 Å². The number of nitro groups is 1. The second-order valence-corrected chi connectivity index (χ2v) is 7.64. The number of rotatable bonds is 4. The molecule has 2 rings (SSSR count). The van der Waals surface area contributed by atoms with Gasteiger partial charge in [-0.2, -0.15) is 0 Å². The molecule has 1 saturated heterocycles. The summed E-state index contributed by atoms with van der Waals surface area (Å²) in [5.41, 5.74) is -0.163. The van der Waals surface area contributed by atoms with Gasteiger partial charge in [-0.15, -0.1) is 0 Å². The second kappa shape index (κ2) is 6.39. The molecule has 0 aromatic heterocycles. The van der Waals surface area contributed by atoms with Crippen LogP contribution < -0.4 is 10.0 Å². The summed E-state index contributed by atoms with van der Waals surface area (Å²) in [5.74, 6) is 0.190. The molecule has 1 fully saturated rings. The Morgan fingerprint density at radius 3 is 2.76 bits per heavy atom. The molecule has 0 amide bonds. The molecule has 0 bridgehead atoms. The third kappa shape index (κ3) is 3.79. The van der Waals surface area contributed by atoms with Gasteiger partial charge >= 0.3 is 0 Å². The molecule has 1 heterocycles. The van der Waals surface area contributed by atoms with Crippen molar-refractivity contribution in [2.45, 2.75) is 24.3 Å². The van der Waals surface area contributed by atoms with Crippen LogP contribution in [0.15, 0.2) is 27.6 Å². The fourth-order valence-electron chi connectivity index (χ4n) is 2.26. The van der Waals surface area contributed by atoms with E-state index in [1.54, 1.807) is 0 Å². The van der Waals surface area contributed by atoms with Gasteiger partial charge < -0.3 is 5.32 Å². The van der Waals surface area contributed by atoms with E-state index < -0.39 is 14.9 Å². The zero-order chi connectivity index (χ0) is 15.6. The fourth-order valence-corrected chi connectivity index (χ4v) is 4.34. The number of piperidine rings is 1. The Morgan fingerprint density at radius 1 is 1.48 bits per heavy atom. The van der Waals surface area contributed by atoms with Gasteiger partial charge in [0.15, 0.2) is 0 Å². The quantitative estimate of drug-likeness (QED) is 0.613. The van der Waals surface area contributed by atoms with Crippen LogP contribution in [0.1, 0.15) is 13.3 Å². The van der Waals surface area contributed by atoms with Crippen LogP contribution in [0.25, 0.3) is 0 Å². The highest BCUT2D eigenvalue weighted by Gasteiger charge is 2.27. The molecule has 1 aliphatic heterocycles. The van der Waals surface area contributed by atoms with Crippen molar-refractivity contribution < 1.29 is 13.3 Å². The van der Waals surface area contributed by atoms with Gasteiger partial charge in [0.2, 0.25) is 10.0 Å². The number of nitrogens with zero attached hydrogens (tertiary/aromatic N) is 1. The second-order valence-electron chi connectivity index (χ2n) is 5.07. The first-order chi connectivity index (χ1) is 9.81. The van der Waals surface area contributed by atoms with Gasteiger partial charge in [0, 0.05) is 12.1 Å². The lowest BCUT2D eigenvalue weighted by atomic mass is 9.97. The summed E-state index contributed by atoms with van der Waals surface area (Å²) >= 11 is 3.03. The van der Waals surface area contributed by atoms with Crippen LogP contribution >= 0.6 is 15.9 Å². The maximum Gasteiger partial charge on any atom is 0.283 e. The molecule has 0 saturated carbocycles. The predicted octanol–water partition coefficient (Wildman–Crippen LogP) is 1.63. The molecule has 2 unspecified atom stereocenters. The van der Waals surface area contributed by atoms with Gasteiger partial charge in [-0.3, -0.25) is 10.1 Å². The smallest absolute Gasteiger partial charge is 0.283 e. The molecule has 9 heteroatoms. The largest absolute Gasteiger partial charge is 0.316 e. The molecule has 1 aromatic rings. The van der Waals surface area contributed by atoms with Crippen LogP contribution in [0.4, 0.5) is 5.69 Å². The minimum Gasteiger partial charge on any atom is -0.316 e. The van der Waals surface area contributed by atoms with Gasteiger partial charge in [0.05, 0.1) is 14.3 Å². The molecule has 1 aliphatic rings. The van der Waals surface area contributed by atoms with E-state index in [2.05, 4.69) is 26.0 Å². The molecule has 2 N–H and O–H groups in total. The summed E-state index contributed by atoms with van der Waals surface area (Å²) < 4.78 is 27.5. The van der Waals surface area contributed by atoms with Gasteiger partial charge in [-0.25, -0.2) is 13.1 Å². The third-order valence-electron chi connectivity index (χ3n) is 3.52. The normalized spacial score (nSPS) is 23.0. The molecule has 0 spiro atoms. The van der Waals surface area contributed by atoms with E-state index in [0.717, 1.165) is 13.1 Å². The van der Waals surface area contributed by atoms with E-state index in [9.17, 15) is 18.5 Å². The van der Waals surface area contributed by atoms with Crippen molar-refractivity contribution in [1.29, 1.82) is 0 Å². The van der Waals surface area contributed by atoms with Crippen LogP contribution in [0, 0.1) is 16.0 Å². The van der Waals surface area contributed by atoms with Gasteiger partial charge in [0.25, 0.3) is 5.69 Å². The Balaban J connectivity index is 2.23. The topological polar surface area (TPSA) is 101 Å². The van der Waals surface area contributed by atoms with Crippen molar-refractivity contribution in [3.63, 3.8) is 0 Å². The summed E-state index contributed by atoms with van der Waals surface area (Å²) in [6.45, 7) is 3.50. The molecule has 2 atom stereocenters. The minimum atomic E-state index is -3.69. The first-order valence-electron chi connectivity index (χ1n) is 6.48. The SMILES string of the molecule is CC1CNCCC1NS(=O)(=O)c1ccc([N+](=O)[O-])c(Br)c1. The van der Waals surface area contributed by atoms with Crippen LogP contribution in [-0.4, -0.2) is 32.5 Å². The number of benzene rings is 1. The average molecular weight is 378 g/mol. The standard InChI is InChI=1S/C12H16BrN3O4S/c1-8-7-14-5-4-11(8)15-21(19,20)9-2-3-12(16(17)18)10(13)6-9/h2-3,6,8,11,14-15H,4-5,7H2,1H3. The number of nitrogens with one attached hydrogen (secondary N) is 2. The lowest BCUT2D eigenvalue weighted by Crippen LogP contribution is -2.48. The van der Waals surface area contributed by atoms with Crippen LogP contribution in [0.3, 0.4) is 0 Å². The molecule has 0 radical (unpaired) electrons. The molecule has 7 nitrogen and oxygen atoms in total. The molecule has 116 valence electrons. The Hall–Kier alpha value is -1.03. The van der Waals surface area contributed by atoms with Gasteiger partial charge in [0.1, 0.15) is 0 Å². The zero-order valence-corrected chi connectivity index (χ0v) is 13.8. The molecule has 1 aromatic carbocycles. The number of hydrogen-bond donors (Lipinski definition) is 2. The Morgan fingerprint density at radius 2 is 2.19 bits per heavy atom. The van der Waals surface area contributed by atoms with Crippen LogP contribution in [0.5, 0.6) is 0 Å². The van der Waals surface area contributed by atoms with Crippen molar-refractivity contribution in [2.75, 3.05) is 13.1 Å². The summed E-state index contributed by atoms with van der Waals surface area (Å²) in [6, 6.07) is 3.55. The van der Waals surface area contributed by atoms with E-state index in [1.165, 1.54) is 18.2 Å². The maximum absolute atomic E-state index is 12.4. The Labute approximate surface area is 131 Å². The van der Waals surface area contributed by atoms with Gasteiger partial charge in [-0.1, -0.05) is 6.92 Å². The van der Waals surface area contributed by atoms with Crippen molar-refractivity contribution in [1.82, 2.24) is 10.0 Å². The van der Waals surface area contributed by atoms with E-state index >= 15 is 0 Å². The number of hydrogen-bond acceptors (Lipinski definition) is 5. The van der Waals surface area contributed by atoms with Crippen LogP contribution in [0.2, 0.25) is 0 Å². The molecular formula is C12H16BrN3O4S. The highest BCUT2D eigenvalue weighted by molar-refractivity contribution is 9.10. The fraction of sp³-hybridized carbons (Fsp3) is 0.500. The summed E-state index contributed by atoms with van der Waals surface area (Å²) in [6.07, 6.45) is 0.717. The maximum atomic E-state index is 12.4. The van der Waals surface area contributed by atoms with Gasteiger partial charge in [-0.05, 0) is 53.5 Å². The first-order valence-corrected chi connectivity index (χ1v) is 8.76. The van der Waals surface area contributed by atoms with Crippen molar-refractivity contribution in [3.8, 4) is 0 Å². The summed E-state index contributed by atoms with van der Waals surface area (Å²) in [7, 11) is -3.69. The number of sulfonamides is 1. The van der Waals surface area contributed by atoms with E-state index in [-0.39, 0.29) is 27.0 Å². The number of halogens is 1. The Kier molecular flexibility index (Phi) is 4.97. The third-order valence-corrected chi connectivity index (χ3v) is 5.64. The highest BCUT2D eigenvalue weighted by Crippen LogP contribution is 2.27. The van der Waals surface area contributed by atoms with Crippen molar-refractivity contribution in [3.05, 3.63) is 32.8 Å². The molecule has 0 aliphatic carbocycles. The monoisotopic (exact) mass is 377 g/mol. The van der Waals surface area contributed by atoms with E-state index in [0.29, 0.717) is 6.42 Å². The predicted molar refractivity (Wildman–Crippen MR) is 81.6 cm³/mol. The minimum absolute atomic E-state index is 0.0192. The Bertz CT molecular complexity index is 650. The average Bonchev–Trinajstić information content (AvgIpc) is 2.40.